The Morgan fingerprint density at radius 3 is 2.69 bits per heavy atom. The van der Waals surface area contributed by atoms with Gasteiger partial charge in [0.15, 0.2) is 0 Å². The molecule has 0 spiro atoms. The van der Waals surface area contributed by atoms with Gasteiger partial charge in [-0.2, -0.15) is 5.26 Å². The van der Waals surface area contributed by atoms with Gasteiger partial charge in [0.05, 0.1) is 22.7 Å². The number of nitrogens with zero attached hydrogens (tertiary/aromatic N) is 4. The molecule has 29 heavy (non-hydrogen) atoms. The summed E-state index contributed by atoms with van der Waals surface area (Å²) in [6.07, 6.45) is 0. The molecular formula is C23H18N4O2. The van der Waals surface area contributed by atoms with Crippen LogP contribution in [0.1, 0.15) is 5.56 Å². The Bertz CT molecular complexity index is 1580. The highest BCUT2D eigenvalue weighted by Gasteiger charge is 2.19. The van der Waals surface area contributed by atoms with E-state index >= 15 is 0 Å². The van der Waals surface area contributed by atoms with Crippen LogP contribution < -0.4 is 10.9 Å². The number of fused-ring (bicyclic) bond motifs is 3. The molecule has 0 aliphatic carbocycles. The summed E-state index contributed by atoms with van der Waals surface area (Å²) in [4.78, 5) is 19.8. The zero-order chi connectivity index (χ0) is 20.3. The second-order valence-corrected chi connectivity index (χ2v) is 7.59. The summed E-state index contributed by atoms with van der Waals surface area (Å²) in [7, 11) is 3.86. The van der Waals surface area contributed by atoms with Gasteiger partial charge in [-0.15, -0.1) is 0 Å². The van der Waals surface area contributed by atoms with Crippen LogP contribution >= 0.6 is 0 Å². The number of nitriles is 1. The van der Waals surface area contributed by atoms with E-state index in [4.69, 9.17) is 4.99 Å². The van der Waals surface area contributed by atoms with Gasteiger partial charge in [0.1, 0.15) is 0 Å². The fourth-order valence-corrected chi connectivity index (χ4v) is 4.12. The first-order valence-electron chi connectivity index (χ1n) is 9.38. The molecule has 1 aromatic heterocycles. The minimum Gasteiger partial charge on any atom is -0.494 e. The molecule has 5 rings (SSSR count). The molecule has 0 saturated heterocycles. The zero-order valence-electron chi connectivity index (χ0n) is 16.1. The van der Waals surface area contributed by atoms with E-state index in [0.29, 0.717) is 29.4 Å². The van der Waals surface area contributed by atoms with Crippen LogP contribution in [0.3, 0.4) is 0 Å². The first-order chi connectivity index (χ1) is 14.0. The van der Waals surface area contributed by atoms with Gasteiger partial charge < -0.3 is 10.0 Å². The lowest BCUT2D eigenvalue weighted by atomic mass is 9.98. The molecule has 6 nitrogen and oxygen atoms in total. The van der Waals surface area contributed by atoms with Crippen LogP contribution in [-0.4, -0.2) is 35.2 Å². The Balaban J connectivity index is 1.95. The van der Waals surface area contributed by atoms with Gasteiger partial charge in [0.25, 0.3) is 5.56 Å². The van der Waals surface area contributed by atoms with Crippen molar-refractivity contribution in [3.63, 3.8) is 0 Å². The summed E-state index contributed by atoms with van der Waals surface area (Å²) in [5, 5.41) is 25.6. The summed E-state index contributed by atoms with van der Waals surface area (Å²) in [6.45, 7) is 1.03. The predicted molar refractivity (Wildman–Crippen MR) is 111 cm³/mol. The third kappa shape index (κ3) is 2.45. The topological polar surface area (TPSA) is 81.6 Å². The van der Waals surface area contributed by atoms with Gasteiger partial charge in [-0.25, -0.2) is 4.99 Å². The Kier molecular flexibility index (Phi) is 3.70. The van der Waals surface area contributed by atoms with Gasteiger partial charge in [0.2, 0.25) is 5.88 Å². The number of hydrogen-bond acceptors (Lipinski definition) is 5. The lowest BCUT2D eigenvalue weighted by Crippen LogP contribution is -2.26. The van der Waals surface area contributed by atoms with Gasteiger partial charge in [-0.1, -0.05) is 18.2 Å². The van der Waals surface area contributed by atoms with Crippen LogP contribution in [0.15, 0.2) is 52.3 Å². The highest BCUT2D eigenvalue weighted by atomic mass is 16.3. The summed E-state index contributed by atoms with van der Waals surface area (Å²) in [5.74, 6) is -0.0350. The second-order valence-electron chi connectivity index (χ2n) is 7.59. The lowest BCUT2D eigenvalue weighted by molar-refractivity contribution is 0.353. The molecule has 0 amide bonds. The normalized spacial score (nSPS) is 12.2. The Hall–Kier alpha value is -3.69. The molecule has 0 bridgehead atoms. The maximum absolute atomic E-state index is 13.1. The quantitative estimate of drug-likeness (QED) is 0.520. The first kappa shape index (κ1) is 17.4. The number of likely N-dealkylation sites (N-methyl/N-ethyl adjacent to an activating group) is 1. The van der Waals surface area contributed by atoms with E-state index < -0.39 is 0 Å². The van der Waals surface area contributed by atoms with Gasteiger partial charge in [-0.05, 0) is 43.7 Å². The predicted octanol–water partition coefficient (Wildman–Crippen LogP) is 2.56. The number of benzene rings is 3. The molecule has 3 aromatic carbocycles. The Labute approximate surface area is 165 Å². The number of pyridine rings is 1. The number of rotatable bonds is 3. The van der Waals surface area contributed by atoms with Crippen LogP contribution in [-0.2, 0) is 6.54 Å². The summed E-state index contributed by atoms with van der Waals surface area (Å²) in [6, 6.07) is 15.1. The molecule has 142 valence electrons. The average Bonchev–Trinajstić information content (AvgIpc) is 3.09. The highest BCUT2D eigenvalue weighted by Crippen LogP contribution is 2.37. The van der Waals surface area contributed by atoms with Crippen molar-refractivity contribution in [2.45, 2.75) is 6.54 Å². The molecule has 0 atom stereocenters. The van der Waals surface area contributed by atoms with Gasteiger partial charge in [0, 0.05) is 39.7 Å². The fourth-order valence-electron chi connectivity index (χ4n) is 4.12. The standard InChI is InChI=1S/C23H18N4O2/c1-26(2)8-9-27-22(28)16-5-3-4-15-20(16)17(23(27)29)11-19-21(15)14-7-6-13(12-24)10-18(14)25-19/h3-7,10-11,29H,8-9H2,1-2H3. The van der Waals surface area contributed by atoms with E-state index in [-0.39, 0.29) is 11.4 Å². The monoisotopic (exact) mass is 382 g/mol. The van der Waals surface area contributed by atoms with Crippen molar-refractivity contribution in [2.24, 2.45) is 4.99 Å². The first-order valence-corrected chi connectivity index (χ1v) is 9.38. The molecule has 1 N–H and O–H groups in total. The van der Waals surface area contributed by atoms with Crippen LogP contribution in [0.25, 0.3) is 21.5 Å². The Morgan fingerprint density at radius 1 is 1.14 bits per heavy atom. The third-order valence-electron chi connectivity index (χ3n) is 5.52. The van der Waals surface area contributed by atoms with E-state index in [0.717, 1.165) is 32.3 Å². The molecule has 2 heterocycles. The van der Waals surface area contributed by atoms with Crippen molar-refractivity contribution >= 4 is 27.2 Å². The minimum atomic E-state index is -0.197. The number of hydrogen-bond donors (Lipinski definition) is 1. The molecule has 4 aromatic rings. The molecule has 1 aliphatic rings. The molecule has 0 fully saturated rings. The summed E-state index contributed by atoms with van der Waals surface area (Å²) in [5.41, 5.74) is 1.09. The molecular weight excluding hydrogens is 364 g/mol. The SMILES string of the molecule is CN(C)CCn1c(O)c2cc3c(c4cccc(c1=O)c24)=c1ccc(C#N)cc1=N3. The van der Waals surface area contributed by atoms with Crippen molar-refractivity contribution in [3.8, 4) is 11.9 Å². The lowest BCUT2D eigenvalue weighted by Gasteiger charge is -2.16. The van der Waals surface area contributed by atoms with Crippen molar-refractivity contribution < 1.29 is 5.11 Å². The maximum atomic E-state index is 13.1. The van der Waals surface area contributed by atoms with Gasteiger partial charge in [-0.3, -0.25) is 9.36 Å². The second kappa shape index (κ2) is 6.16. The van der Waals surface area contributed by atoms with Crippen molar-refractivity contribution in [1.29, 1.82) is 5.26 Å². The van der Waals surface area contributed by atoms with Crippen molar-refractivity contribution in [1.82, 2.24) is 9.47 Å². The van der Waals surface area contributed by atoms with E-state index in [1.165, 1.54) is 4.57 Å². The van der Waals surface area contributed by atoms with E-state index in [9.17, 15) is 15.2 Å². The van der Waals surface area contributed by atoms with E-state index in [2.05, 4.69) is 6.07 Å². The molecule has 6 heteroatoms. The zero-order valence-corrected chi connectivity index (χ0v) is 16.1. The number of aromatic hydroxyl groups is 1. The smallest absolute Gasteiger partial charge is 0.261 e. The average molecular weight is 382 g/mol. The highest BCUT2D eigenvalue weighted by molar-refractivity contribution is 6.13. The van der Waals surface area contributed by atoms with Crippen molar-refractivity contribution in [3.05, 3.63) is 74.2 Å². The third-order valence-corrected chi connectivity index (χ3v) is 5.52. The van der Waals surface area contributed by atoms with Crippen LogP contribution in [0.4, 0.5) is 5.69 Å². The number of aromatic nitrogens is 1. The molecule has 0 radical (unpaired) electrons. The summed E-state index contributed by atoms with van der Waals surface area (Å²) < 4.78 is 1.43. The largest absolute Gasteiger partial charge is 0.494 e. The molecule has 0 saturated carbocycles. The van der Waals surface area contributed by atoms with Crippen molar-refractivity contribution in [2.75, 3.05) is 20.6 Å². The van der Waals surface area contributed by atoms with E-state index in [1.54, 1.807) is 18.2 Å². The molecule has 1 aliphatic heterocycles. The van der Waals surface area contributed by atoms with Crippen LogP contribution in [0.2, 0.25) is 0 Å². The fraction of sp³-hybridized carbons (Fsp3) is 0.174. The van der Waals surface area contributed by atoms with Gasteiger partial charge >= 0.3 is 0 Å². The summed E-state index contributed by atoms with van der Waals surface area (Å²) >= 11 is 0. The molecule has 0 unspecified atom stereocenters. The Morgan fingerprint density at radius 2 is 1.93 bits per heavy atom. The minimum absolute atomic E-state index is 0.0350. The van der Waals surface area contributed by atoms with E-state index in [1.807, 2.05) is 43.3 Å². The van der Waals surface area contributed by atoms with Crippen LogP contribution in [0, 0.1) is 21.8 Å². The van der Waals surface area contributed by atoms with Crippen LogP contribution in [0.5, 0.6) is 5.88 Å². The maximum Gasteiger partial charge on any atom is 0.261 e.